The molecule has 0 N–H and O–H groups in total. The van der Waals surface area contributed by atoms with Gasteiger partial charge in [0.15, 0.2) is 0 Å². The first kappa shape index (κ1) is 22.9. The second-order valence-corrected chi connectivity index (χ2v) is 9.95. The summed E-state index contributed by atoms with van der Waals surface area (Å²) in [5, 5.41) is 0.340. The molecule has 2 amide bonds. The van der Waals surface area contributed by atoms with Gasteiger partial charge in [0.05, 0.1) is 15.0 Å². The van der Waals surface area contributed by atoms with Gasteiger partial charge in [0, 0.05) is 5.02 Å². The topological polar surface area (TPSA) is 46.6 Å². The minimum absolute atomic E-state index is 0.225. The highest BCUT2D eigenvalue weighted by Crippen LogP contribution is 2.34. The molecule has 1 fully saturated rings. The van der Waals surface area contributed by atoms with E-state index in [1.54, 1.807) is 18.2 Å². The maximum absolute atomic E-state index is 12.8. The number of hydrogen-bond donors (Lipinski definition) is 0. The van der Waals surface area contributed by atoms with Crippen molar-refractivity contribution in [2.75, 3.05) is 0 Å². The van der Waals surface area contributed by atoms with Gasteiger partial charge in [0.25, 0.3) is 11.1 Å². The molecule has 1 aliphatic rings. The summed E-state index contributed by atoms with van der Waals surface area (Å²) in [5.41, 5.74) is 4.00. The normalized spacial score (nSPS) is 15.0. The number of imide groups is 1. The molecule has 0 aliphatic carbocycles. The third-order valence-electron chi connectivity index (χ3n) is 4.86. The largest absolute Gasteiger partial charge is 0.488 e. The van der Waals surface area contributed by atoms with Crippen LogP contribution in [0.5, 0.6) is 5.75 Å². The SMILES string of the molecule is Cc1cccc(COc2ccc(/C=C3\SC(=O)N(Cc4ccc(Cl)cc4)C3=O)cc2I)c1. The fraction of sp³-hybridized carbons (Fsp3) is 0.120. The first-order valence-electron chi connectivity index (χ1n) is 9.87. The number of thioether (sulfide) groups is 1. The Morgan fingerprint density at radius 3 is 2.53 bits per heavy atom. The number of amides is 2. The minimum Gasteiger partial charge on any atom is -0.488 e. The molecule has 0 saturated carbocycles. The van der Waals surface area contributed by atoms with Gasteiger partial charge in [0.2, 0.25) is 0 Å². The van der Waals surface area contributed by atoms with Crippen LogP contribution in [-0.2, 0) is 17.9 Å². The van der Waals surface area contributed by atoms with E-state index in [1.165, 1.54) is 10.5 Å². The molecule has 3 aromatic rings. The Kier molecular flexibility index (Phi) is 7.23. The summed E-state index contributed by atoms with van der Waals surface area (Å²) in [6.45, 7) is 2.77. The van der Waals surface area contributed by atoms with Gasteiger partial charge in [-0.25, -0.2) is 0 Å². The van der Waals surface area contributed by atoms with Crippen LogP contribution >= 0.6 is 46.0 Å². The lowest BCUT2D eigenvalue weighted by Gasteiger charge is -2.12. The maximum Gasteiger partial charge on any atom is 0.293 e. The Balaban J connectivity index is 1.45. The molecule has 4 rings (SSSR count). The van der Waals surface area contributed by atoms with Gasteiger partial charge < -0.3 is 4.74 Å². The van der Waals surface area contributed by atoms with Crippen molar-refractivity contribution in [2.24, 2.45) is 0 Å². The Labute approximate surface area is 209 Å². The second kappa shape index (κ2) is 10.1. The highest BCUT2D eigenvalue weighted by atomic mass is 127. The molecule has 1 saturated heterocycles. The van der Waals surface area contributed by atoms with E-state index in [1.807, 2.05) is 42.5 Å². The average molecular weight is 576 g/mol. The molecule has 32 heavy (non-hydrogen) atoms. The molecule has 3 aromatic carbocycles. The van der Waals surface area contributed by atoms with Crippen LogP contribution in [0.2, 0.25) is 5.02 Å². The van der Waals surface area contributed by atoms with Gasteiger partial charge >= 0.3 is 0 Å². The van der Waals surface area contributed by atoms with Crippen molar-refractivity contribution >= 4 is 63.2 Å². The van der Waals surface area contributed by atoms with Crippen molar-refractivity contribution in [3.63, 3.8) is 0 Å². The van der Waals surface area contributed by atoms with Crippen molar-refractivity contribution in [3.8, 4) is 5.75 Å². The Bertz CT molecular complexity index is 1210. The van der Waals surface area contributed by atoms with Crippen LogP contribution in [0.1, 0.15) is 22.3 Å². The van der Waals surface area contributed by atoms with Crippen LogP contribution in [0.15, 0.2) is 71.6 Å². The average Bonchev–Trinajstić information content (AvgIpc) is 3.02. The lowest BCUT2D eigenvalue weighted by molar-refractivity contribution is -0.123. The fourth-order valence-electron chi connectivity index (χ4n) is 3.25. The smallest absolute Gasteiger partial charge is 0.293 e. The summed E-state index contributed by atoms with van der Waals surface area (Å²) in [4.78, 5) is 26.9. The Morgan fingerprint density at radius 2 is 1.81 bits per heavy atom. The molecule has 0 radical (unpaired) electrons. The number of ether oxygens (including phenoxy) is 1. The van der Waals surface area contributed by atoms with Crippen LogP contribution < -0.4 is 4.74 Å². The van der Waals surface area contributed by atoms with E-state index < -0.39 is 0 Å². The third kappa shape index (κ3) is 5.54. The van der Waals surface area contributed by atoms with Crippen molar-refractivity contribution in [2.45, 2.75) is 20.1 Å². The van der Waals surface area contributed by atoms with Gasteiger partial charge in [0.1, 0.15) is 12.4 Å². The number of halogens is 2. The molecule has 0 unspecified atom stereocenters. The zero-order valence-electron chi connectivity index (χ0n) is 17.2. The highest BCUT2D eigenvalue weighted by molar-refractivity contribution is 14.1. The van der Waals surface area contributed by atoms with Crippen molar-refractivity contribution < 1.29 is 14.3 Å². The minimum atomic E-state index is -0.287. The van der Waals surface area contributed by atoms with Gasteiger partial charge in [-0.3, -0.25) is 14.5 Å². The van der Waals surface area contributed by atoms with E-state index in [0.29, 0.717) is 16.5 Å². The van der Waals surface area contributed by atoms with Crippen LogP contribution in [0.4, 0.5) is 4.79 Å². The molecule has 162 valence electrons. The number of nitrogens with zero attached hydrogens (tertiary/aromatic N) is 1. The number of hydrogen-bond acceptors (Lipinski definition) is 4. The zero-order valence-corrected chi connectivity index (χ0v) is 20.9. The van der Waals surface area contributed by atoms with Crippen molar-refractivity contribution in [3.05, 3.63) is 102 Å². The molecule has 7 heteroatoms. The number of aryl methyl sites for hydroxylation is 1. The monoisotopic (exact) mass is 575 g/mol. The molecule has 4 nitrogen and oxygen atoms in total. The standard InChI is InChI=1S/C25H19ClINO3S/c1-16-3-2-4-19(11-16)15-31-22-10-7-18(12-21(22)27)13-23-24(29)28(25(30)32-23)14-17-5-8-20(26)9-6-17/h2-13H,14-15H2,1H3/b23-13-. The van der Waals surface area contributed by atoms with Crippen molar-refractivity contribution in [1.29, 1.82) is 0 Å². The Hall–Kier alpha value is -2.29. The van der Waals surface area contributed by atoms with Crippen LogP contribution in [0.25, 0.3) is 6.08 Å². The van der Waals surface area contributed by atoms with Crippen molar-refractivity contribution in [1.82, 2.24) is 4.90 Å². The summed E-state index contributed by atoms with van der Waals surface area (Å²) in [5.74, 6) is 0.491. The molecule has 0 spiro atoms. The second-order valence-electron chi connectivity index (χ2n) is 7.36. The molecule has 1 heterocycles. The highest BCUT2D eigenvalue weighted by Gasteiger charge is 2.35. The Morgan fingerprint density at radius 1 is 1.03 bits per heavy atom. The first-order valence-corrected chi connectivity index (χ1v) is 12.1. The lowest BCUT2D eigenvalue weighted by atomic mass is 10.1. The van der Waals surface area contributed by atoms with E-state index in [0.717, 1.165) is 37.8 Å². The molecule has 1 aliphatic heterocycles. The fourth-order valence-corrected chi connectivity index (χ4v) is 4.91. The molecular weight excluding hydrogens is 557 g/mol. The van der Waals surface area contributed by atoms with E-state index in [4.69, 9.17) is 16.3 Å². The predicted octanol–water partition coefficient (Wildman–Crippen LogP) is 7.07. The lowest BCUT2D eigenvalue weighted by Crippen LogP contribution is -2.27. The van der Waals surface area contributed by atoms with Crippen LogP contribution in [0.3, 0.4) is 0 Å². The molecule has 0 aromatic heterocycles. The number of benzene rings is 3. The van der Waals surface area contributed by atoms with Gasteiger partial charge in [-0.1, -0.05) is 59.6 Å². The van der Waals surface area contributed by atoms with Gasteiger partial charge in [-0.15, -0.1) is 0 Å². The molecule has 0 bridgehead atoms. The van der Waals surface area contributed by atoms with E-state index in [9.17, 15) is 9.59 Å². The van der Waals surface area contributed by atoms with Gasteiger partial charge in [-0.05, 0) is 88.3 Å². The summed E-state index contributed by atoms with van der Waals surface area (Å²) < 4.78 is 6.90. The van der Waals surface area contributed by atoms with E-state index >= 15 is 0 Å². The quantitative estimate of drug-likeness (QED) is 0.233. The molecule has 0 atom stereocenters. The van der Waals surface area contributed by atoms with Crippen LogP contribution in [-0.4, -0.2) is 16.0 Å². The van der Waals surface area contributed by atoms with Gasteiger partial charge in [-0.2, -0.15) is 0 Å². The predicted molar refractivity (Wildman–Crippen MR) is 138 cm³/mol. The zero-order chi connectivity index (χ0) is 22.7. The van der Waals surface area contributed by atoms with E-state index in [2.05, 4.69) is 41.6 Å². The third-order valence-corrected chi connectivity index (χ3v) is 6.86. The van der Waals surface area contributed by atoms with E-state index in [-0.39, 0.29) is 17.7 Å². The summed E-state index contributed by atoms with van der Waals surface area (Å²) in [7, 11) is 0. The number of carbonyl (C=O) groups is 2. The summed E-state index contributed by atoms with van der Waals surface area (Å²) >= 11 is 9.09. The summed E-state index contributed by atoms with van der Waals surface area (Å²) in [6.07, 6.45) is 1.75. The number of rotatable bonds is 6. The van der Waals surface area contributed by atoms with Crippen LogP contribution in [0, 0.1) is 10.5 Å². The number of carbonyl (C=O) groups excluding carboxylic acids is 2. The molecular formula is C25H19ClINO3S. The maximum atomic E-state index is 12.8. The summed E-state index contributed by atoms with van der Waals surface area (Å²) in [6, 6.07) is 21.0. The first-order chi connectivity index (χ1) is 15.4.